The molecule has 0 saturated carbocycles. The molecular weight excluding hydrogens is 391 g/mol. The lowest BCUT2D eigenvalue weighted by molar-refractivity contribution is -0.111. The molecular formula is C19H18Cl2N2O4. The molecule has 27 heavy (non-hydrogen) atoms. The first-order valence-electron chi connectivity index (χ1n) is 7.95. The molecule has 2 amide bonds. The molecule has 0 atom stereocenters. The van der Waals surface area contributed by atoms with Crippen LogP contribution in [0.25, 0.3) is 6.08 Å². The van der Waals surface area contributed by atoms with Gasteiger partial charge in [-0.1, -0.05) is 35.3 Å². The van der Waals surface area contributed by atoms with E-state index in [1.54, 1.807) is 42.5 Å². The molecule has 0 saturated heterocycles. The van der Waals surface area contributed by atoms with E-state index < -0.39 is 6.09 Å². The van der Waals surface area contributed by atoms with Crippen LogP contribution in [0.4, 0.5) is 16.2 Å². The fraction of sp³-hybridized carbons (Fsp3) is 0.158. The van der Waals surface area contributed by atoms with Crippen molar-refractivity contribution in [3.05, 3.63) is 64.1 Å². The maximum Gasteiger partial charge on any atom is 0.411 e. The summed E-state index contributed by atoms with van der Waals surface area (Å²) in [7, 11) is 1.52. The predicted octanol–water partition coefficient (Wildman–Crippen LogP) is 4.84. The molecule has 0 unspecified atom stereocenters. The summed E-state index contributed by atoms with van der Waals surface area (Å²) in [5.41, 5.74) is 1.54. The van der Waals surface area contributed by atoms with Crippen molar-refractivity contribution in [2.75, 3.05) is 31.0 Å². The maximum absolute atomic E-state index is 12.1. The van der Waals surface area contributed by atoms with Crippen LogP contribution in [0.3, 0.4) is 0 Å². The van der Waals surface area contributed by atoms with Crippen LogP contribution in [-0.4, -0.2) is 32.3 Å². The number of ether oxygens (including phenoxy) is 2. The Morgan fingerprint density at radius 2 is 1.63 bits per heavy atom. The molecule has 2 aromatic carbocycles. The van der Waals surface area contributed by atoms with E-state index in [2.05, 4.69) is 10.6 Å². The van der Waals surface area contributed by atoms with Crippen molar-refractivity contribution in [1.29, 1.82) is 0 Å². The summed E-state index contributed by atoms with van der Waals surface area (Å²) >= 11 is 12.1. The van der Waals surface area contributed by atoms with Crippen molar-refractivity contribution in [2.45, 2.75) is 0 Å². The van der Waals surface area contributed by atoms with Gasteiger partial charge in [-0.15, -0.1) is 0 Å². The molecule has 0 spiro atoms. The Morgan fingerprint density at radius 1 is 1.00 bits per heavy atom. The van der Waals surface area contributed by atoms with Crippen LogP contribution in [0.2, 0.25) is 10.0 Å². The normalized spacial score (nSPS) is 10.6. The number of hydrogen-bond acceptors (Lipinski definition) is 4. The predicted molar refractivity (Wildman–Crippen MR) is 107 cm³/mol. The number of rotatable bonds is 7. The molecule has 2 aromatic rings. The van der Waals surface area contributed by atoms with Gasteiger partial charge in [-0.3, -0.25) is 10.1 Å². The van der Waals surface area contributed by atoms with Crippen molar-refractivity contribution in [1.82, 2.24) is 0 Å². The number of benzene rings is 2. The highest BCUT2D eigenvalue weighted by Crippen LogP contribution is 2.25. The molecule has 2 rings (SSSR count). The number of halogens is 2. The minimum Gasteiger partial charge on any atom is -0.447 e. The van der Waals surface area contributed by atoms with E-state index in [1.165, 1.54) is 19.3 Å². The monoisotopic (exact) mass is 408 g/mol. The van der Waals surface area contributed by atoms with Gasteiger partial charge in [0.15, 0.2) is 0 Å². The lowest BCUT2D eigenvalue weighted by Gasteiger charge is -2.08. The number of hydrogen-bond donors (Lipinski definition) is 2. The minimum absolute atomic E-state index is 0.147. The van der Waals surface area contributed by atoms with Crippen LogP contribution < -0.4 is 10.6 Å². The zero-order chi connectivity index (χ0) is 19.6. The number of anilines is 2. The summed E-state index contributed by atoms with van der Waals surface area (Å²) in [5, 5.41) is 6.16. The van der Waals surface area contributed by atoms with Gasteiger partial charge in [-0.05, 0) is 36.4 Å². The van der Waals surface area contributed by atoms with E-state index in [1.807, 2.05) is 0 Å². The molecule has 0 bridgehead atoms. The molecule has 0 heterocycles. The molecule has 2 N–H and O–H groups in total. The summed E-state index contributed by atoms with van der Waals surface area (Å²) in [6.45, 7) is 0.458. The highest BCUT2D eigenvalue weighted by atomic mass is 35.5. The second kappa shape index (κ2) is 10.6. The quantitative estimate of drug-likeness (QED) is 0.507. The maximum atomic E-state index is 12.1. The Labute approximate surface area is 167 Å². The lowest BCUT2D eigenvalue weighted by atomic mass is 10.2. The molecule has 0 aliphatic heterocycles. The third kappa shape index (κ3) is 6.94. The first-order chi connectivity index (χ1) is 13.0. The van der Waals surface area contributed by atoms with Gasteiger partial charge in [0.2, 0.25) is 5.91 Å². The number of amides is 2. The minimum atomic E-state index is -0.608. The van der Waals surface area contributed by atoms with Crippen LogP contribution in [0, 0.1) is 0 Å². The number of methoxy groups -OCH3 is 1. The average Bonchev–Trinajstić information content (AvgIpc) is 2.62. The molecule has 0 aliphatic carbocycles. The average molecular weight is 409 g/mol. The second-order valence-corrected chi connectivity index (χ2v) is 6.11. The fourth-order valence-electron chi connectivity index (χ4n) is 2.06. The van der Waals surface area contributed by atoms with Gasteiger partial charge >= 0.3 is 6.09 Å². The van der Waals surface area contributed by atoms with Gasteiger partial charge in [0.25, 0.3) is 0 Å². The van der Waals surface area contributed by atoms with Gasteiger partial charge in [0.1, 0.15) is 6.61 Å². The van der Waals surface area contributed by atoms with E-state index >= 15 is 0 Å². The Bertz CT molecular complexity index is 820. The van der Waals surface area contributed by atoms with Crippen LogP contribution in [0.1, 0.15) is 5.56 Å². The molecule has 0 radical (unpaired) electrons. The van der Waals surface area contributed by atoms with Gasteiger partial charge in [0, 0.05) is 40.2 Å². The standard InChI is InChI=1S/C19H18Cl2N2O4/c1-26-10-11-27-19(25)23-14-5-2-4-13(12-14)22-18(24)9-8-15-16(20)6-3-7-17(15)21/h2-9,12H,10-11H2,1H3,(H,22,24)(H,23,25). The van der Waals surface area contributed by atoms with Crippen molar-refractivity contribution in [2.24, 2.45) is 0 Å². The van der Waals surface area contributed by atoms with E-state index in [0.29, 0.717) is 33.6 Å². The zero-order valence-electron chi connectivity index (χ0n) is 14.5. The number of carbonyl (C=O) groups is 2. The number of carbonyl (C=O) groups excluding carboxylic acids is 2. The van der Waals surface area contributed by atoms with Gasteiger partial charge in [0.05, 0.1) is 6.61 Å². The molecule has 0 aromatic heterocycles. The first kappa shape index (κ1) is 20.8. The summed E-state index contributed by atoms with van der Waals surface area (Å²) in [4.78, 5) is 23.7. The zero-order valence-corrected chi connectivity index (χ0v) is 16.0. The SMILES string of the molecule is COCCOC(=O)Nc1cccc(NC(=O)C=Cc2c(Cl)cccc2Cl)c1. The molecule has 0 fully saturated rings. The summed E-state index contributed by atoms with van der Waals surface area (Å²) < 4.78 is 9.72. The Hall–Kier alpha value is -2.54. The molecule has 142 valence electrons. The highest BCUT2D eigenvalue weighted by molar-refractivity contribution is 6.37. The van der Waals surface area contributed by atoms with Crippen molar-refractivity contribution >= 4 is 52.7 Å². The fourth-order valence-corrected chi connectivity index (χ4v) is 2.58. The second-order valence-electron chi connectivity index (χ2n) is 5.29. The van der Waals surface area contributed by atoms with E-state index in [9.17, 15) is 9.59 Å². The van der Waals surface area contributed by atoms with Gasteiger partial charge in [-0.25, -0.2) is 4.79 Å². The van der Waals surface area contributed by atoms with Gasteiger partial charge in [-0.2, -0.15) is 0 Å². The number of nitrogens with one attached hydrogen (secondary N) is 2. The topological polar surface area (TPSA) is 76.7 Å². The van der Waals surface area contributed by atoms with Crippen molar-refractivity contribution < 1.29 is 19.1 Å². The summed E-state index contributed by atoms with van der Waals surface area (Å²) in [6, 6.07) is 11.8. The summed E-state index contributed by atoms with van der Waals surface area (Å²) in [6.07, 6.45) is 2.25. The van der Waals surface area contributed by atoms with Crippen LogP contribution >= 0.6 is 23.2 Å². The van der Waals surface area contributed by atoms with Crippen molar-refractivity contribution in [3.63, 3.8) is 0 Å². The van der Waals surface area contributed by atoms with E-state index in [0.717, 1.165) is 0 Å². The van der Waals surface area contributed by atoms with Crippen LogP contribution in [-0.2, 0) is 14.3 Å². The Morgan fingerprint density at radius 3 is 2.30 bits per heavy atom. The van der Waals surface area contributed by atoms with E-state index in [-0.39, 0.29) is 12.5 Å². The van der Waals surface area contributed by atoms with Gasteiger partial charge < -0.3 is 14.8 Å². The first-order valence-corrected chi connectivity index (χ1v) is 8.71. The molecule has 8 heteroatoms. The summed E-state index contributed by atoms with van der Waals surface area (Å²) in [5.74, 6) is -0.370. The third-order valence-corrected chi connectivity index (χ3v) is 3.96. The van der Waals surface area contributed by atoms with Crippen LogP contribution in [0.15, 0.2) is 48.5 Å². The molecule has 6 nitrogen and oxygen atoms in total. The Kier molecular flexibility index (Phi) is 8.13. The third-order valence-electron chi connectivity index (χ3n) is 3.30. The molecule has 0 aliphatic rings. The van der Waals surface area contributed by atoms with Crippen LogP contribution in [0.5, 0.6) is 0 Å². The smallest absolute Gasteiger partial charge is 0.411 e. The largest absolute Gasteiger partial charge is 0.447 e. The van der Waals surface area contributed by atoms with Crippen molar-refractivity contribution in [3.8, 4) is 0 Å². The highest BCUT2D eigenvalue weighted by Gasteiger charge is 2.06. The lowest BCUT2D eigenvalue weighted by Crippen LogP contribution is -2.16. The van der Waals surface area contributed by atoms with E-state index in [4.69, 9.17) is 32.7 Å². The Balaban J connectivity index is 1.96.